The highest BCUT2D eigenvalue weighted by Gasteiger charge is 2.49. The summed E-state index contributed by atoms with van der Waals surface area (Å²) in [4.78, 5) is 47.1. The third-order valence-corrected chi connectivity index (χ3v) is 4.43. The number of nitrogens with zero attached hydrogens (tertiary/aromatic N) is 3. The lowest BCUT2D eigenvalue weighted by Gasteiger charge is -2.22. The summed E-state index contributed by atoms with van der Waals surface area (Å²) in [5.74, 6) is -0.647. The largest absolute Gasteiger partial charge is 0.325 e. The summed E-state index contributed by atoms with van der Waals surface area (Å²) in [7, 11) is 0. The molecule has 2 aromatic rings. The van der Waals surface area contributed by atoms with Crippen LogP contribution in [0.15, 0.2) is 48.5 Å². The normalized spacial score (nSPS) is 19.1. The maximum absolute atomic E-state index is 12.9. The third kappa shape index (κ3) is 3.08. The van der Waals surface area contributed by atoms with Gasteiger partial charge in [-0.2, -0.15) is 0 Å². The van der Waals surface area contributed by atoms with Gasteiger partial charge in [-0.15, -0.1) is 0 Å². The van der Waals surface area contributed by atoms with Gasteiger partial charge < -0.3 is 5.32 Å². The van der Waals surface area contributed by atoms with Gasteiger partial charge in [0.1, 0.15) is 5.54 Å². The average Bonchev–Trinajstić information content (AvgIpc) is 2.86. The van der Waals surface area contributed by atoms with Gasteiger partial charge in [0.15, 0.2) is 0 Å². The van der Waals surface area contributed by atoms with E-state index in [4.69, 9.17) is 0 Å². The number of amides is 3. The van der Waals surface area contributed by atoms with E-state index < -0.39 is 27.3 Å². The van der Waals surface area contributed by atoms with Gasteiger partial charge in [-0.3, -0.25) is 29.9 Å². The summed E-state index contributed by atoms with van der Waals surface area (Å²) in [6, 6.07) is 10.5. The van der Waals surface area contributed by atoms with Crippen molar-refractivity contribution in [3.8, 4) is 0 Å². The molecule has 1 fully saturated rings. The molecule has 1 aliphatic heterocycles. The molecule has 1 unspecified atom stereocenters. The number of rotatable bonds is 5. The van der Waals surface area contributed by atoms with Crippen molar-refractivity contribution in [1.82, 2.24) is 10.2 Å². The molecule has 10 heteroatoms. The van der Waals surface area contributed by atoms with Crippen molar-refractivity contribution < 1.29 is 19.4 Å². The average molecular weight is 370 g/mol. The van der Waals surface area contributed by atoms with E-state index in [1.807, 2.05) is 0 Å². The molecule has 0 aliphatic carbocycles. The molecule has 0 bridgehead atoms. The van der Waals surface area contributed by atoms with Crippen LogP contribution in [0.4, 0.5) is 16.2 Å². The number of nitro benzene ring substituents is 2. The molecule has 1 atom stereocenters. The van der Waals surface area contributed by atoms with Crippen molar-refractivity contribution in [2.45, 2.75) is 19.0 Å². The number of nitro groups is 2. The lowest BCUT2D eigenvalue weighted by Crippen LogP contribution is -2.40. The molecule has 0 spiro atoms. The van der Waals surface area contributed by atoms with Crippen molar-refractivity contribution in [2.24, 2.45) is 0 Å². The number of imide groups is 1. The Labute approximate surface area is 152 Å². The molecule has 2 aromatic carbocycles. The summed E-state index contributed by atoms with van der Waals surface area (Å²) in [6.45, 7) is 1.15. The van der Waals surface area contributed by atoms with Crippen LogP contribution in [-0.2, 0) is 16.9 Å². The number of non-ortho nitro benzene ring substituents is 1. The van der Waals surface area contributed by atoms with Crippen LogP contribution in [0.2, 0.25) is 0 Å². The molecular formula is C17H14N4O6. The number of carbonyl (C=O) groups excluding carboxylic acids is 2. The molecule has 3 amide bonds. The molecule has 1 saturated heterocycles. The third-order valence-electron chi connectivity index (χ3n) is 4.43. The summed E-state index contributed by atoms with van der Waals surface area (Å²) < 4.78 is 0. The Bertz CT molecular complexity index is 975. The van der Waals surface area contributed by atoms with Crippen LogP contribution in [0, 0.1) is 20.2 Å². The number of urea groups is 1. The van der Waals surface area contributed by atoms with Gasteiger partial charge in [-0.1, -0.05) is 30.3 Å². The van der Waals surface area contributed by atoms with Crippen LogP contribution in [0.25, 0.3) is 0 Å². The Morgan fingerprint density at radius 2 is 1.74 bits per heavy atom. The molecule has 0 radical (unpaired) electrons. The second-order valence-corrected chi connectivity index (χ2v) is 6.14. The Kier molecular flexibility index (Phi) is 4.32. The van der Waals surface area contributed by atoms with Crippen molar-refractivity contribution in [2.75, 3.05) is 0 Å². The van der Waals surface area contributed by atoms with E-state index in [9.17, 15) is 29.8 Å². The van der Waals surface area contributed by atoms with E-state index in [0.29, 0.717) is 0 Å². The molecular weight excluding hydrogens is 356 g/mol. The highest BCUT2D eigenvalue weighted by Crippen LogP contribution is 2.32. The van der Waals surface area contributed by atoms with Crippen molar-refractivity contribution in [3.63, 3.8) is 0 Å². The first-order valence-corrected chi connectivity index (χ1v) is 7.85. The van der Waals surface area contributed by atoms with Crippen molar-refractivity contribution in [3.05, 3.63) is 79.9 Å². The molecule has 0 saturated carbocycles. The lowest BCUT2D eigenvalue weighted by molar-refractivity contribution is -0.385. The second kappa shape index (κ2) is 6.48. The first-order valence-electron chi connectivity index (χ1n) is 7.85. The minimum Gasteiger partial charge on any atom is -0.319 e. The zero-order valence-electron chi connectivity index (χ0n) is 14.1. The summed E-state index contributed by atoms with van der Waals surface area (Å²) in [5, 5.41) is 24.7. The molecule has 27 heavy (non-hydrogen) atoms. The van der Waals surface area contributed by atoms with Gasteiger partial charge in [0.25, 0.3) is 17.3 Å². The van der Waals surface area contributed by atoms with Crippen LogP contribution >= 0.6 is 0 Å². The van der Waals surface area contributed by atoms with Crippen LogP contribution in [-0.4, -0.2) is 26.7 Å². The fourth-order valence-corrected chi connectivity index (χ4v) is 2.96. The van der Waals surface area contributed by atoms with E-state index in [0.717, 1.165) is 4.90 Å². The Morgan fingerprint density at radius 3 is 2.41 bits per heavy atom. The number of carbonyl (C=O) groups is 2. The zero-order valence-corrected chi connectivity index (χ0v) is 14.1. The molecule has 3 rings (SSSR count). The molecule has 1 heterocycles. The Balaban J connectivity index is 1.95. The number of benzene rings is 2. The quantitative estimate of drug-likeness (QED) is 0.488. The summed E-state index contributed by atoms with van der Waals surface area (Å²) in [6.07, 6.45) is 0. The molecule has 10 nitrogen and oxygen atoms in total. The molecule has 1 N–H and O–H groups in total. The highest BCUT2D eigenvalue weighted by atomic mass is 16.6. The Hall–Kier alpha value is -3.82. The van der Waals surface area contributed by atoms with E-state index in [1.54, 1.807) is 6.07 Å². The second-order valence-electron chi connectivity index (χ2n) is 6.14. The lowest BCUT2D eigenvalue weighted by atomic mass is 9.91. The van der Waals surface area contributed by atoms with Crippen LogP contribution in [0.1, 0.15) is 18.1 Å². The summed E-state index contributed by atoms with van der Waals surface area (Å²) >= 11 is 0. The van der Waals surface area contributed by atoms with E-state index in [1.165, 1.54) is 49.4 Å². The smallest absolute Gasteiger partial charge is 0.319 e. The first-order chi connectivity index (χ1) is 12.7. The van der Waals surface area contributed by atoms with Gasteiger partial charge in [0.05, 0.1) is 16.4 Å². The molecule has 138 valence electrons. The van der Waals surface area contributed by atoms with Crippen molar-refractivity contribution >= 4 is 23.3 Å². The predicted molar refractivity (Wildman–Crippen MR) is 92.6 cm³/mol. The number of hydrogen-bond acceptors (Lipinski definition) is 6. The van der Waals surface area contributed by atoms with Crippen LogP contribution < -0.4 is 5.32 Å². The number of para-hydroxylation sites is 1. The topological polar surface area (TPSA) is 136 Å². The Morgan fingerprint density at radius 1 is 1.04 bits per heavy atom. The van der Waals surface area contributed by atoms with Gasteiger partial charge >= 0.3 is 6.03 Å². The minimum atomic E-state index is -1.51. The molecule has 1 aliphatic rings. The maximum atomic E-state index is 12.9. The molecule has 0 aromatic heterocycles. The number of nitrogens with one attached hydrogen (secondary N) is 1. The zero-order chi connectivity index (χ0) is 19.8. The summed E-state index contributed by atoms with van der Waals surface area (Å²) in [5.41, 5.74) is -1.48. The van der Waals surface area contributed by atoms with E-state index >= 15 is 0 Å². The highest BCUT2D eigenvalue weighted by molar-refractivity contribution is 6.07. The van der Waals surface area contributed by atoms with Gasteiger partial charge in [0.2, 0.25) is 0 Å². The monoisotopic (exact) mass is 370 g/mol. The number of hydrogen-bond donors (Lipinski definition) is 1. The van der Waals surface area contributed by atoms with Crippen molar-refractivity contribution in [1.29, 1.82) is 0 Å². The standard InChI is InChI=1S/C17H14N4O6/c1-17(12-6-4-7-13(9-12)20(24)25)15(22)19(16(23)18-17)10-11-5-2-3-8-14(11)21(26)27/h2-9H,10H2,1H3,(H,18,23). The predicted octanol–water partition coefficient (Wildman–Crippen LogP) is 2.47. The first kappa shape index (κ1) is 18.0. The fraction of sp³-hybridized carbons (Fsp3) is 0.176. The van der Waals surface area contributed by atoms with Crippen LogP contribution in [0.5, 0.6) is 0 Å². The van der Waals surface area contributed by atoms with Gasteiger partial charge in [0, 0.05) is 23.8 Å². The maximum Gasteiger partial charge on any atom is 0.325 e. The van der Waals surface area contributed by atoms with E-state index in [-0.39, 0.29) is 29.0 Å². The van der Waals surface area contributed by atoms with Crippen LogP contribution in [0.3, 0.4) is 0 Å². The van der Waals surface area contributed by atoms with E-state index in [2.05, 4.69) is 5.32 Å². The minimum absolute atomic E-state index is 0.203. The fourth-order valence-electron chi connectivity index (χ4n) is 2.96. The van der Waals surface area contributed by atoms with Gasteiger partial charge in [-0.05, 0) is 12.5 Å². The van der Waals surface area contributed by atoms with Gasteiger partial charge in [-0.25, -0.2) is 4.79 Å². The SMILES string of the molecule is CC1(c2cccc([N+](=O)[O-])c2)NC(=O)N(Cc2ccccc2[N+](=O)[O-])C1=O.